The Labute approximate surface area is 135 Å². The molecule has 8 heteroatoms. The van der Waals surface area contributed by atoms with Crippen LogP contribution in [-0.4, -0.2) is 31.7 Å². The number of aromatic amines is 1. The van der Waals surface area contributed by atoms with Crippen molar-refractivity contribution in [1.82, 2.24) is 25.3 Å². The van der Waals surface area contributed by atoms with Gasteiger partial charge in [-0.1, -0.05) is 0 Å². The first kappa shape index (κ1) is 17.0. The van der Waals surface area contributed by atoms with E-state index in [0.717, 1.165) is 16.8 Å². The second kappa shape index (κ2) is 6.82. The molecule has 0 fully saturated rings. The van der Waals surface area contributed by atoms with Crippen molar-refractivity contribution in [3.8, 4) is 0 Å². The number of carbonyl (C=O) groups is 1. The Kier molecular flexibility index (Phi) is 5.05. The third-order valence-electron chi connectivity index (χ3n) is 3.20. The summed E-state index contributed by atoms with van der Waals surface area (Å²) in [5.41, 5.74) is 2.49. The largest absolute Gasteiger partial charge is 0.444 e. The van der Waals surface area contributed by atoms with Gasteiger partial charge >= 0.3 is 6.09 Å². The van der Waals surface area contributed by atoms with Gasteiger partial charge in [-0.2, -0.15) is 10.2 Å². The van der Waals surface area contributed by atoms with Crippen molar-refractivity contribution in [3.05, 3.63) is 29.2 Å². The lowest BCUT2D eigenvalue weighted by Gasteiger charge is -2.20. The summed E-state index contributed by atoms with van der Waals surface area (Å²) in [7, 11) is 1.77. The van der Waals surface area contributed by atoms with E-state index in [2.05, 4.69) is 25.9 Å². The van der Waals surface area contributed by atoms with Crippen LogP contribution in [0.5, 0.6) is 0 Å². The number of hydrogen-bond donors (Lipinski definition) is 3. The van der Waals surface area contributed by atoms with E-state index in [-0.39, 0.29) is 0 Å². The molecule has 0 saturated carbocycles. The molecule has 2 heterocycles. The molecule has 23 heavy (non-hydrogen) atoms. The maximum Gasteiger partial charge on any atom is 0.413 e. The standard InChI is InChI=1S/C15H24N6O2/c1-10-11(8-17-20-10)6-16-7-12-9-18-21(5)13(12)19-14(22)23-15(2,3)4/h8-9,16H,6-7H2,1-5H3,(H,17,20)(H,19,22). The minimum atomic E-state index is -0.542. The number of H-pyrrole nitrogens is 1. The molecule has 0 spiro atoms. The lowest BCUT2D eigenvalue weighted by atomic mass is 10.2. The topological polar surface area (TPSA) is 96.9 Å². The first-order valence-electron chi connectivity index (χ1n) is 7.46. The molecule has 0 radical (unpaired) electrons. The average Bonchev–Trinajstić information content (AvgIpc) is 2.97. The molecule has 2 aromatic rings. The molecule has 0 aliphatic rings. The summed E-state index contributed by atoms with van der Waals surface area (Å²) in [5.74, 6) is 0.621. The molecule has 0 bridgehead atoms. The van der Waals surface area contributed by atoms with Crippen LogP contribution in [-0.2, 0) is 24.9 Å². The fraction of sp³-hybridized carbons (Fsp3) is 0.533. The number of nitrogens with zero attached hydrogens (tertiary/aromatic N) is 3. The van der Waals surface area contributed by atoms with Crippen LogP contribution in [0.15, 0.2) is 12.4 Å². The molecule has 0 aromatic carbocycles. The first-order valence-corrected chi connectivity index (χ1v) is 7.46. The number of nitrogens with one attached hydrogen (secondary N) is 3. The Morgan fingerprint density at radius 3 is 2.61 bits per heavy atom. The van der Waals surface area contributed by atoms with Crippen LogP contribution in [0.25, 0.3) is 0 Å². The molecular weight excluding hydrogens is 296 g/mol. The molecule has 3 N–H and O–H groups in total. The van der Waals surface area contributed by atoms with Crippen LogP contribution in [0.1, 0.15) is 37.6 Å². The monoisotopic (exact) mass is 320 g/mol. The maximum atomic E-state index is 11.9. The van der Waals surface area contributed by atoms with Gasteiger partial charge in [-0.05, 0) is 27.7 Å². The summed E-state index contributed by atoms with van der Waals surface area (Å²) in [6.45, 7) is 8.71. The van der Waals surface area contributed by atoms with Gasteiger partial charge in [0.2, 0.25) is 0 Å². The highest BCUT2D eigenvalue weighted by atomic mass is 16.6. The SMILES string of the molecule is Cc1[nH]ncc1CNCc1cnn(C)c1NC(=O)OC(C)(C)C. The molecule has 2 rings (SSSR count). The Hall–Kier alpha value is -2.35. The normalized spacial score (nSPS) is 11.5. The zero-order chi connectivity index (χ0) is 17.0. The second-order valence-corrected chi connectivity index (χ2v) is 6.39. The molecule has 2 aromatic heterocycles. The average molecular weight is 320 g/mol. The van der Waals surface area contributed by atoms with Crippen LogP contribution < -0.4 is 10.6 Å². The first-order chi connectivity index (χ1) is 10.8. The minimum Gasteiger partial charge on any atom is -0.444 e. The van der Waals surface area contributed by atoms with E-state index < -0.39 is 11.7 Å². The highest BCUT2D eigenvalue weighted by molar-refractivity contribution is 5.84. The van der Waals surface area contributed by atoms with Crippen molar-refractivity contribution in [1.29, 1.82) is 0 Å². The van der Waals surface area contributed by atoms with E-state index in [1.807, 2.05) is 27.7 Å². The van der Waals surface area contributed by atoms with E-state index in [9.17, 15) is 4.79 Å². The number of rotatable bonds is 5. The van der Waals surface area contributed by atoms with Gasteiger partial charge < -0.3 is 10.1 Å². The van der Waals surface area contributed by atoms with Gasteiger partial charge in [0, 0.05) is 37.0 Å². The second-order valence-electron chi connectivity index (χ2n) is 6.39. The van der Waals surface area contributed by atoms with Crippen LogP contribution in [0.2, 0.25) is 0 Å². The van der Waals surface area contributed by atoms with Crippen LogP contribution in [0.3, 0.4) is 0 Å². The summed E-state index contributed by atoms with van der Waals surface area (Å²) in [6, 6.07) is 0. The molecule has 1 amide bonds. The van der Waals surface area contributed by atoms with Crippen molar-refractivity contribution >= 4 is 11.9 Å². The predicted molar refractivity (Wildman–Crippen MR) is 86.9 cm³/mol. The molecule has 8 nitrogen and oxygen atoms in total. The van der Waals surface area contributed by atoms with E-state index >= 15 is 0 Å². The van der Waals surface area contributed by atoms with Crippen molar-refractivity contribution in [3.63, 3.8) is 0 Å². The Bertz CT molecular complexity index is 668. The van der Waals surface area contributed by atoms with Crippen LogP contribution in [0.4, 0.5) is 10.6 Å². The predicted octanol–water partition coefficient (Wildman–Crippen LogP) is 2.09. The van der Waals surface area contributed by atoms with E-state index in [0.29, 0.717) is 18.9 Å². The molecule has 0 aliphatic carbocycles. The van der Waals surface area contributed by atoms with Crippen LogP contribution >= 0.6 is 0 Å². The van der Waals surface area contributed by atoms with Crippen LogP contribution in [0, 0.1) is 6.92 Å². The minimum absolute atomic E-state index is 0.493. The van der Waals surface area contributed by atoms with Crippen molar-refractivity contribution in [2.75, 3.05) is 5.32 Å². The fourth-order valence-electron chi connectivity index (χ4n) is 2.06. The Balaban J connectivity index is 1.95. The quantitative estimate of drug-likeness (QED) is 0.784. The number of aromatic nitrogens is 4. The summed E-state index contributed by atoms with van der Waals surface area (Å²) in [4.78, 5) is 11.9. The van der Waals surface area contributed by atoms with Crippen molar-refractivity contribution in [2.45, 2.75) is 46.4 Å². The zero-order valence-corrected chi connectivity index (χ0v) is 14.2. The fourth-order valence-corrected chi connectivity index (χ4v) is 2.06. The van der Waals surface area contributed by atoms with Gasteiger partial charge in [0.15, 0.2) is 0 Å². The summed E-state index contributed by atoms with van der Waals surface area (Å²) < 4.78 is 6.89. The number of ether oxygens (including phenoxy) is 1. The van der Waals surface area contributed by atoms with Gasteiger partial charge in [-0.25, -0.2) is 4.79 Å². The van der Waals surface area contributed by atoms with E-state index in [4.69, 9.17) is 4.74 Å². The third-order valence-corrected chi connectivity index (χ3v) is 3.20. The molecule has 0 saturated heterocycles. The summed E-state index contributed by atoms with van der Waals surface area (Å²) in [5, 5.41) is 17.1. The Morgan fingerprint density at radius 2 is 2.00 bits per heavy atom. The number of anilines is 1. The zero-order valence-electron chi connectivity index (χ0n) is 14.2. The maximum absolute atomic E-state index is 11.9. The number of amides is 1. The van der Waals surface area contributed by atoms with Crippen molar-refractivity contribution in [2.24, 2.45) is 7.05 Å². The number of aryl methyl sites for hydroxylation is 2. The van der Waals surface area contributed by atoms with Gasteiger partial charge in [0.25, 0.3) is 0 Å². The molecule has 126 valence electrons. The van der Waals surface area contributed by atoms with E-state index in [1.165, 1.54) is 0 Å². The van der Waals surface area contributed by atoms with Gasteiger partial charge in [-0.15, -0.1) is 0 Å². The van der Waals surface area contributed by atoms with Gasteiger partial charge in [0.1, 0.15) is 11.4 Å². The summed E-state index contributed by atoms with van der Waals surface area (Å²) >= 11 is 0. The molecule has 0 atom stereocenters. The Morgan fingerprint density at radius 1 is 1.30 bits per heavy atom. The third kappa shape index (κ3) is 4.82. The highest BCUT2D eigenvalue weighted by Gasteiger charge is 2.19. The lowest BCUT2D eigenvalue weighted by molar-refractivity contribution is 0.0634. The molecular formula is C15H24N6O2. The number of carbonyl (C=O) groups excluding carboxylic acids is 1. The highest BCUT2D eigenvalue weighted by Crippen LogP contribution is 2.16. The lowest BCUT2D eigenvalue weighted by Crippen LogP contribution is -2.28. The van der Waals surface area contributed by atoms with E-state index in [1.54, 1.807) is 24.1 Å². The molecule has 0 aliphatic heterocycles. The van der Waals surface area contributed by atoms with Crippen molar-refractivity contribution < 1.29 is 9.53 Å². The smallest absolute Gasteiger partial charge is 0.413 e. The summed E-state index contributed by atoms with van der Waals surface area (Å²) in [6.07, 6.45) is 3.03. The van der Waals surface area contributed by atoms with Gasteiger partial charge in [0.05, 0.1) is 12.4 Å². The number of hydrogen-bond acceptors (Lipinski definition) is 5. The molecule has 0 unspecified atom stereocenters. The van der Waals surface area contributed by atoms with Gasteiger partial charge in [-0.3, -0.25) is 15.1 Å².